The number of hydrogen-bond acceptors (Lipinski definition) is 4. The van der Waals surface area contributed by atoms with Crippen molar-refractivity contribution in [2.75, 3.05) is 6.61 Å². The first kappa shape index (κ1) is 15.0. The van der Waals surface area contributed by atoms with Crippen molar-refractivity contribution < 1.29 is 14.6 Å². The summed E-state index contributed by atoms with van der Waals surface area (Å²) in [7, 11) is 0. The Morgan fingerprint density at radius 1 is 1.33 bits per heavy atom. The summed E-state index contributed by atoms with van der Waals surface area (Å²) in [6.07, 6.45) is 1.48. The fraction of sp³-hybridized carbons (Fsp3) is 0.400. The highest BCUT2D eigenvalue weighted by atomic mass is 16.5. The van der Waals surface area contributed by atoms with Crippen molar-refractivity contribution in [3.8, 4) is 5.75 Å². The predicted molar refractivity (Wildman–Crippen MR) is 77.7 cm³/mol. The maximum Gasteiger partial charge on any atom is 0.358 e. The molecule has 0 aliphatic heterocycles. The minimum Gasteiger partial charge on any atom is -0.492 e. The molecule has 0 saturated carbocycles. The molecule has 0 unspecified atom stereocenters. The molecule has 6 heteroatoms. The molecule has 0 aliphatic carbocycles. The number of benzene rings is 1. The van der Waals surface area contributed by atoms with Crippen molar-refractivity contribution in [2.45, 2.75) is 33.2 Å². The van der Waals surface area contributed by atoms with E-state index in [0.29, 0.717) is 25.3 Å². The maximum atomic E-state index is 11.1. The van der Waals surface area contributed by atoms with Gasteiger partial charge in [0, 0.05) is 0 Å². The second-order valence-electron chi connectivity index (χ2n) is 4.82. The van der Waals surface area contributed by atoms with Crippen LogP contribution in [0, 0.1) is 6.92 Å². The van der Waals surface area contributed by atoms with Crippen molar-refractivity contribution in [2.24, 2.45) is 0 Å². The molecule has 6 nitrogen and oxygen atoms in total. The molecule has 0 bridgehead atoms. The summed E-state index contributed by atoms with van der Waals surface area (Å²) in [6.45, 7) is 4.90. The Hall–Kier alpha value is -2.37. The molecule has 0 radical (unpaired) electrons. The number of carboxylic acid groups (broad SMARTS) is 1. The fourth-order valence-corrected chi connectivity index (χ4v) is 2.05. The summed E-state index contributed by atoms with van der Waals surface area (Å²) in [5.74, 6) is -0.250. The van der Waals surface area contributed by atoms with Gasteiger partial charge in [0.15, 0.2) is 5.69 Å². The summed E-state index contributed by atoms with van der Waals surface area (Å²) in [5.41, 5.74) is 1.86. The molecule has 2 aromatic rings. The number of nitrogens with zero attached hydrogens (tertiary/aromatic N) is 3. The molecule has 0 atom stereocenters. The number of ether oxygens (including phenoxy) is 1. The van der Waals surface area contributed by atoms with Crippen LogP contribution in [-0.2, 0) is 13.0 Å². The fourth-order valence-electron chi connectivity index (χ4n) is 2.05. The van der Waals surface area contributed by atoms with Crippen LogP contribution in [0.3, 0.4) is 0 Å². The van der Waals surface area contributed by atoms with Gasteiger partial charge < -0.3 is 9.84 Å². The lowest BCUT2D eigenvalue weighted by atomic mass is 10.2. The van der Waals surface area contributed by atoms with Gasteiger partial charge in [0.05, 0.1) is 12.2 Å². The van der Waals surface area contributed by atoms with Gasteiger partial charge in [0.2, 0.25) is 0 Å². The van der Waals surface area contributed by atoms with E-state index >= 15 is 0 Å². The van der Waals surface area contributed by atoms with Crippen LogP contribution in [-0.4, -0.2) is 32.7 Å². The van der Waals surface area contributed by atoms with Crippen LogP contribution in [0.2, 0.25) is 0 Å². The Morgan fingerprint density at radius 2 is 2.05 bits per heavy atom. The number of carboxylic acids is 1. The van der Waals surface area contributed by atoms with E-state index in [2.05, 4.69) is 10.3 Å². The van der Waals surface area contributed by atoms with E-state index in [1.54, 1.807) is 4.68 Å². The predicted octanol–water partition coefficient (Wildman–Crippen LogP) is 2.32. The highest BCUT2D eigenvalue weighted by molar-refractivity contribution is 5.86. The minimum absolute atomic E-state index is 0.0344. The van der Waals surface area contributed by atoms with Crippen molar-refractivity contribution >= 4 is 5.97 Å². The van der Waals surface area contributed by atoms with E-state index in [1.165, 1.54) is 5.56 Å². The molecule has 0 amide bonds. The van der Waals surface area contributed by atoms with E-state index in [4.69, 9.17) is 9.84 Å². The van der Waals surface area contributed by atoms with E-state index in [1.807, 2.05) is 38.1 Å². The molecule has 0 fully saturated rings. The molecular formula is C15H19N3O3. The average molecular weight is 289 g/mol. The molecule has 112 valence electrons. The van der Waals surface area contributed by atoms with Gasteiger partial charge in [-0.2, -0.15) is 0 Å². The normalized spacial score (nSPS) is 10.6. The SMILES string of the molecule is CCCc1c(C(=O)O)nnn1CCOc1ccc(C)cc1. The molecule has 0 saturated heterocycles. The van der Waals surface area contributed by atoms with Crippen LogP contribution in [0.5, 0.6) is 5.75 Å². The van der Waals surface area contributed by atoms with Gasteiger partial charge in [-0.25, -0.2) is 9.48 Å². The Labute approximate surface area is 123 Å². The first-order valence-electron chi connectivity index (χ1n) is 6.97. The molecule has 0 spiro atoms. The van der Waals surface area contributed by atoms with E-state index < -0.39 is 5.97 Å². The third-order valence-electron chi connectivity index (χ3n) is 3.12. The zero-order chi connectivity index (χ0) is 15.2. The molecule has 0 aliphatic rings. The highest BCUT2D eigenvalue weighted by Gasteiger charge is 2.17. The summed E-state index contributed by atoms with van der Waals surface area (Å²) in [4.78, 5) is 11.1. The average Bonchev–Trinajstić information content (AvgIpc) is 2.85. The van der Waals surface area contributed by atoms with Crippen molar-refractivity contribution in [1.29, 1.82) is 0 Å². The van der Waals surface area contributed by atoms with E-state index in [0.717, 1.165) is 12.2 Å². The van der Waals surface area contributed by atoms with Crippen molar-refractivity contribution in [1.82, 2.24) is 15.0 Å². The second kappa shape index (κ2) is 6.88. The molecule has 1 N–H and O–H groups in total. The van der Waals surface area contributed by atoms with Crippen LogP contribution in [0.15, 0.2) is 24.3 Å². The maximum absolute atomic E-state index is 11.1. The largest absolute Gasteiger partial charge is 0.492 e. The zero-order valence-corrected chi connectivity index (χ0v) is 12.2. The second-order valence-corrected chi connectivity index (χ2v) is 4.82. The van der Waals surface area contributed by atoms with Gasteiger partial charge in [-0.1, -0.05) is 36.3 Å². The smallest absolute Gasteiger partial charge is 0.358 e. The minimum atomic E-state index is -1.04. The van der Waals surface area contributed by atoms with Gasteiger partial charge in [-0.3, -0.25) is 0 Å². The third-order valence-corrected chi connectivity index (χ3v) is 3.12. The number of aromatic carboxylic acids is 1. The van der Waals surface area contributed by atoms with E-state index in [-0.39, 0.29) is 5.69 Å². The van der Waals surface area contributed by atoms with Gasteiger partial charge in [0.1, 0.15) is 12.4 Å². The van der Waals surface area contributed by atoms with Gasteiger partial charge in [-0.15, -0.1) is 5.10 Å². The van der Waals surface area contributed by atoms with Gasteiger partial charge in [-0.05, 0) is 25.5 Å². The van der Waals surface area contributed by atoms with Crippen molar-refractivity contribution in [3.63, 3.8) is 0 Å². The molecule has 2 rings (SSSR count). The summed E-state index contributed by atoms with van der Waals surface area (Å²) in [5, 5.41) is 16.7. The topological polar surface area (TPSA) is 77.2 Å². The highest BCUT2D eigenvalue weighted by Crippen LogP contribution is 2.12. The Morgan fingerprint density at radius 3 is 2.67 bits per heavy atom. The molecule has 1 aromatic heterocycles. The standard InChI is InChI=1S/C15H19N3O3/c1-3-4-13-14(15(19)20)16-17-18(13)9-10-21-12-7-5-11(2)6-8-12/h5-8H,3-4,9-10H2,1-2H3,(H,19,20). The number of aryl methyl sites for hydroxylation is 1. The third kappa shape index (κ3) is 3.81. The summed E-state index contributed by atoms with van der Waals surface area (Å²) in [6, 6.07) is 7.78. The lowest BCUT2D eigenvalue weighted by Crippen LogP contribution is -2.13. The number of carbonyl (C=O) groups is 1. The number of hydrogen-bond donors (Lipinski definition) is 1. The van der Waals surface area contributed by atoms with Crippen LogP contribution in [0.1, 0.15) is 35.1 Å². The molecule has 1 heterocycles. The lowest BCUT2D eigenvalue weighted by Gasteiger charge is -2.08. The Kier molecular flexibility index (Phi) is 4.92. The first-order valence-corrected chi connectivity index (χ1v) is 6.97. The summed E-state index contributed by atoms with van der Waals surface area (Å²) >= 11 is 0. The summed E-state index contributed by atoms with van der Waals surface area (Å²) < 4.78 is 7.24. The molecular weight excluding hydrogens is 270 g/mol. The Bertz CT molecular complexity index is 605. The van der Waals surface area contributed by atoms with E-state index in [9.17, 15) is 4.79 Å². The van der Waals surface area contributed by atoms with Gasteiger partial charge in [0.25, 0.3) is 0 Å². The quantitative estimate of drug-likeness (QED) is 0.846. The monoisotopic (exact) mass is 289 g/mol. The van der Waals surface area contributed by atoms with Crippen LogP contribution < -0.4 is 4.74 Å². The first-order chi connectivity index (χ1) is 10.1. The molecule has 21 heavy (non-hydrogen) atoms. The zero-order valence-electron chi connectivity index (χ0n) is 12.2. The van der Waals surface area contributed by atoms with Gasteiger partial charge >= 0.3 is 5.97 Å². The van der Waals surface area contributed by atoms with Crippen LogP contribution in [0.4, 0.5) is 0 Å². The van der Waals surface area contributed by atoms with Crippen LogP contribution >= 0.6 is 0 Å². The number of rotatable bonds is 7. The lowest BCUT2D eigenvalue weighted by molar-refractivity contribution is 0.0689. The molecule has 1 aromatic carbocycles. The van der Waals surface area contributed by atoms with Crippen molar-refractivity contribution in [3.05, 3.63) is 41.2 Å². The van der Waals surface area contributed by atoms with Crippen LogP contribution in [0.25, 0.3) is 0 Å². The number of aromatic nitrogens is 3. The Balaban J connectivity index is 1.99.